The Morgan fingerprint density at radius 2 is 1.96 bits per heavy atom. The Kier molecular flexibility index (Phi) is 6.04. The van der Waals surface area contributed by atoms with Crippen molar-refractivity contribution in [3.05, 3.63) is 47.4 Å². The minimum Gasteiger partial charge on any atom is -0.338 e. The molecule has 2 heterocycles. The van der Waals surface area contributed by atoms with Gasteiger partial charge in [0.05, 0.1) is 16.9 Å². The molecule has 1 fully saturated rings. The van der Waals surface area contributed by atoms with E-state index in [1.807, 2.05) is 0 Å². The van der Waals surface area contributed by atoms with Gasteiger partial charge in [0.1, 0.15) is 29.8 Å². The zero-order valence-corrected chi connectivity index (χ0v) is 14.2. The van der Waals surface area contributed by atoms with Crippen LogP contribution in [0.4, 0.5) is 20.3 Å². The van der Waals surface area contributed by atoms with Crippen molar-refractivity contribution in [2.45, 2.75) is 19.4 Å². The highest BCUT2D eigenvalue weighted by atomic mass is 19.1. The molecule has 1 aliphatic rings. The zero-order chi connectivity index (χ0) is 18.4. The first-order valence-corrected chi connectivity index (χ1v) is 8.54. The number of halogens is 2. The molecule has 1 aliphatic heterocycles. The monoisotopic (exact) mass is 358 g/mol. The summed E-state index contributed by atoms with van der Waals surface area (Å²) in [5, 5.41) is 18.2. The molecular weight excluding hydrogens is 338 g/mol. The quantitative estimate of drug-likeness (QED) is 0.735. The number of benzene rings is 1. The van der Waals surface area contributed by atoms with E-state index in [0.29, 0.717) is 18.3 Å². The number of piperidine rings is 1. The van der Waals surface area contributed by atoms with Gasteiger partial charge in [0.15, 0.2) is 0 Å². The fourth-order valence-corrected chi connectivity index (χ4v) is 2.92. The average Bonchev–Trinajstić information content (AvgIpc) is 2.66. The standard InChI is InChI=1S/C18H20F2N6/c19-15-7-17(16(20)5-13(15)8-21)26-18-6-14(24-11-25-18)10-23-9-12-1-3-22-4-2-12/h5-7,11-12,22-23H,1-4,9-10H2,(H,24,25,26). The molecule has 0 saturated carbocycles. The van der Waals surface area contributed by atoms with Gasteiger partial charge in [-0.15, -0.1) is 0 Å². The van der Waals surface area contributed by atoms with Crippen LogP contribution in [0.1, 0.15) is 24.1 Å². The summed E-state index contributed by atoms with van der Waals surface area (Å²) in [6.07, 6.45) is 3.70. The second-order valence-corrected chi connectivity index (χ2v) is 6.27. The number of aromatic nitrogens is 2. The molecule has 0 unspecified atom stereocenters. The summed E-state index contributed by atoms with van der Waals surface area (Å²) < 4.78 is 27.7. The van der Waals surface area contributed by atoms with Gasteiger partial charge in [-0.2, -0.15) is 5.26 Å². The first-order valence-electron chi connectivity index (χ1n) is 8.54. The van der Waals surface area contributed by atoms with Crippen molar-refractivity contribution in [1.82, 2.24) is 20.6 Å². The fraction of sp³-hybridized carbons (Fsp3) is 0.389. The summed E-state index contributed by atoms with van der Waals surface area (Å²) in [6.45, 7) is 3.61. The lowest BCUT2D eigenvalue weighted by Gasteiger charge is -2.22. The van der Waals surface area contributed by atoms with Gasteiger partial charge in [-0.3, -0.25) is 0 Å². The molecule has 1 aromatic heterocycles. The van der Waals surface area contributed by atoms with Crippen LogP contribution < -0.4 is 16.0 Å². The molecule has 0 bridgehead atoms. The van der Waals surface area contributed by atoms with Crippen LogP contribution in [0, 0.1) is 28.9 Å². The summed E-state index contributed by atoms with van der Waals surface area (Å²) in [4.78, 5) is 8.23. The number of rotatable bonds is 6. The van der Waals surface area contributed by atoms with E-state index in [1.165, 1.54) is 6.33 Å². The Morgan fingerprint density at radius 1 is 1.15 bits per heavy atom. The normalized spacial score (nSPS) is 14.8. The van der Waals surface area contributed by atoms with Gasteiger partial charge in [0.25, 0.3) is 0 Å². The predicted molar refractivity (Wildman–Crippen MR) is 93.7 cm³/mol. The molecular formula is C18H20F2N6. The summed E-state index contributed by atoms with van der Waals surface area (Å²) in [7, 11) is 0. The van der Waals surface area contributed by atoms with Crippen LogP contribution in [-0.4, -0.2) is 29.6 Å². The van der Waals surface area contributed by atoms with Crippen LogP contribution >= 0.6 is 0 Å². The van der Waals surface area contributed by atoms with Crippen molar-refractivity contribution in [2.24, 2.45) is 5.92 Å². The minimum absolute atomic E-state index is 0.0752. The predicted octanol–water partition coefficient (Wildman–Crippen LogP) is 2.46. The van der Waals surface area contributed by atoms with Crippen LogP contribution in [0.5, 0.6) is 0 Å². The van der Waals surface area contributed by atoms with Crippen LogP contribution in [0.3, 0.4) is 0 Å². The highest BCUT2D eigenvalue weighted by Gasteiger charge is 2.13. The highest BCUT2D eigenvalue weighted by Crippen LogP contribution is 2.22. The Hall–Kier alpha value is -2.63. The van der Waals surface area contributed by atoms with Gasteiger partial charge in [-0.25, -0.2) is 18.7 Å². The third-order valence-electron chi connectivity index (χ3n) is 4.36. The van der Waals surface area contributed by atoms with Crippen LogP contribution in [-0.2, 0) is 6.54 Å². The topological polar surface area (TPSA) is 85.7 Å². The second kappa shape index (κ2) is 8.65. The van der Waals surface area contributed by atoms with Crippen LogP contribution in [0.25, 0.3) is 0 Å². The molecule has 1 aromatic carbocycles. The lowest BCUT2D eigenvalue weighted by molar-refractivity contribution is 0.356. The Morgan fingerprint density at radius 3 is 2.73 bits per heavy atom. The maximum absolute atomic E-state index is 14.0. The number of anilines is 2. The lowest BCUT2D eigenvalue weighted by atomic mass is 9.98. The summed E-state index contributed by atoms with van der Waals surface area (Å²) in [5.74, 6) is -0.477. The summed E-state index contributed by atoms with van der Waals surface area (Å²) in [5.41, 5.74) is 0.346. The molecule has 0 radical (unpaired) electrons. The van der Waals surface area contributed by atoms with E-state index in [2.05, 4.69) is 25.9 Å². The van der Waals surface area contributed by atoms with E-state index in [4.69, 9.17) is 5.26 Å². The maximum atomic E-state index is 14.0. The van der Waals surface area contributed by atoms with Gasteiger partial charge >= 0.3 is 0 Å². The molecule has 1 saturated heterocycles. The van der Waals surface area contributed by atoms with E-state index in [1.54, 1.807) is 12.1 Å². The first-order chi connectivity index (χ1) is 12.7. The van der Waals surface area contributed by atoms with E-state index in [0.717, 1.165) is 50.3 Å². The number of nitrogens with zero attached hydrogens (tertiary/aromatic N) is 3. The minimum atomic E-state index is -0.783. The van der Waals surface area contributed by atoms with Crippen molar-refractivity contribution >= 4 is 11.5 Å². The largest absolute Gasteiger partial charge is 0.338 e. The van der Waals surface area contributed by atoms with Crippen molar-refractivity contribution in [3.8, 4) is 6.07 Å². The number of nitriles is 1. The second-order valence-electron chi connectivity index (χ2n) is 6.27. The molecule has 3 rings (SSSR count). The first kappa shape index (κ1) is 18.2. The fourth-order valence-electron chi connectivity index (χ4n) is 2.92. The number of hydrogen-bond donors (Lipinski definition) is 3. The molecule has 0 atom stereocenters. The summed E-state index contributed by atoms with van der Waals surface area (Å²) in [6, 6.07) is 5.10. The Labute approximate surface area is 150 Å². The Bertz CT molecular complexity index is 799. The zero-order valence-electron chi connectivity index (χ0n) is 14.2. The van der Waals surface area contributed by atoms with Crippen molar-refractivity contribution in [3.63, 3.8) is 0 Å². The maximum Gasteiger partial charge on any atom is 0.148 e. The smallest absolute Gasteiger partial charge is 0.148 e. The van der Waals surface area contributed by atoms with Crippen LogP contribution in [0.2, 0.25) is 0 Å². The van der Waals surface area contributed by atoms with E-state index in [9.17, 15) is 8.78 Å². The Balaban J connectivity index is 1.60. The van der Waals surface area contributed by atoms with E-state index < -0.39 is 11.6 Å². The van der Waals surface area contributed by atoms with E-state index in [-0.39, 0.29) is 11.3 Å². The molecule has 8 heteroatoms. The lowest BCUT2D eigenvalue weighted by Crippen LogP contribution is -2.33. The molecule has 0 amide bonds. The van der Waals surface area contributed by atoms with Gasteiger partial charge in [0.2, 0.25) is 0 Å². The van der Waals surface area contributed by atoms with E-state index >= 15 is 0 Å². The molecule has 2 aromatic rings. The molecule has 0 aliphatic carbocycles. The molecule has 0 spiro atoms. The number of hydrogen-bond acceptors (Lipinski definition) is 6. The van der Waals surface area contributed by atoms with Gasteiger partial charge < -0.3 is 16.0 Å². The van der Waals surface area contributed by atoms with Crippen molar-refractivity contribution < 1.29 is 8.78 Å². The average molecular weight is 358 g/mol. The molecule has 26 heavy (non-hydrogen) atoms. The van der Waals surface area contributed by atoms with Crippen molar-refractivity contribution in [1.29, 1.82) is 5.26 Å². The molecule has 6 nitrogen and oxygen atoms in total. The molecule has 136 valence electrons. The number of nitrogens with one attached hydrogen (secondary N) is 3. The van der Waals surface area contributed by atoms with Crippen LogP contribution in [0.15, 0.2) is 24.5 Å². The third-order valence-corrected chi connectivity index (χ3v) is 4.36. The summed E-state index contributed by atoms with van der Waals surface area (Å²) >= 11 is 0. The molecule has 3 N–H and O–H groups in total. The van der Waals surface area contributed by atoms with Crippen molar-refractivity contribution in [2.75, 3.05) is 25.0 Å². The highest BCUT2D eigenvalue weighted by molar-refractivity contribution is 5.58. The third kappa shape index (κ3) is 4.71. The SMILES string of the molecule is N#Cc1cc(F)c(Nc2cc(CNCC3CCNCC3)ncn2)cc1F. The van der Waals surface area contributed by atoms with Gasteiger partial charge in [0, 0.05) is 18.7 Å². The van der Waals surface area contributed by atoms with Gasteiger partial charge in [-0.05, 0) is 44.5 Å². The van der Waals surface area contributed by atoms with Gasteiger partial charge in [-0.1, -0.05) is 0 Å².